The van der Waals surface area contributed by atoms with Gasteiger partial charge in [0.25, 0.3) is 0 Å². The Balaban J connectivity index is 2.31. The van der Waals surface area contributed by atoms with Crippen LogP contribution in [0.1, 0.15) is 20.3 Å². The normalized spacial score (nSPS) is 18.9. The summed E-state index contributed by atoms with van der Waals surface area (Å²) in [7, 11) is 1.72. The molecule has 3 heteroatoms. The minimum Gasteiger partial charge on any atom is -0.364 e. The van der Waals surface area contributed by atoms with Crippen LogP contribution in [0.5, 0.6) is 0 Å². The number of methoxy groups -OCH3 is 1. The summed E-state index contributed by atoms with van der Waals surface area (Å²) in [6.45, 7) is 6.09. The molecule has 3 nitrogen and oxygen atoms in total. The first-order valence-electron chi connectivity index (χ1n) is 4.45. The molecule has 1 aliphatic heterocycles. The van der Waals surface area contributed by atoms with Crippen LogP contribution in [0.25, 0.3) is 0 Å². The van der Waals surface area contributed by atoms with Gasteiger partial charge in [0.05, 0.1) is 6.67 Å². The van der Waals surface area contributed by atoms with Gasteiger partial charge in [-0.25, -0.2) is 0 Å². The van der Waals surface area contributed by atoms with Gasteiger partial charge in [-0.1, -0.05) is 6.92 Å². The molecular weight excluding hydrogens is 152 g/mol. The summed E-state index contributed by atoms with van der Waals surface area (Å²) in [5.74, 6) is 0. The van der Waals surface area contributed by atoms with Gasteiger partial charge < -0.3 is 14.5 Å². The fourth-order valence-electron chi connectivity index (χ4n) is 1.25. The van der Waals surface area contributed by atoms with E-state index in [1.54, 1.807) is 7.11 Å². The van der Waals surface area contributed by atoms with Crippen LogP contribution in [0.3, 0.4) is 0 Å². The molecule has 1 heterocycles. The van der Waals surface area contributed by atoms with Gasteiger partial charge in [0, 0.05) is 25.6 Å². The Morgan fingerprint density at radius 2 is 2.25 bits per heavy atom. The topological polar surface area (TPSA) is 15.7 Å². The van der Waals surface area contributed by atoms with Crippen molar-refractivity contribution in [3.8, 4) is 0 Å². The summed E-state index contributed by atoms with van der Waals surface area (Å²) in [6, 6.07) is 0.628. The van der Waals surface area contributed by atoms with E-state index in [2.05, 4.69) is 36.0 Å². The molecule has 0 saturated heterocycles. The summed E-state index contributed by atoms with van der Waals surface area (Å²) in [5, 5.41) is 0. The highest BCUT2D eigenvalue weighted by Gasteiger charge is 2.15. The fourth-order valence-corrected chi connectivity index (χ4v) is 1.25. The molecule has 0 aromatic carbocycles. The molecule has 1 aliphatic rings. The van der Waals surface area contributed by atoms with Crippen molar-refractivity contribution < 1.29 is 4.74 Å². The predicted molar refractivity (Wildman–Crippen MR) is 49.3 cm³/mol. The molecule has 12 heavy (non-hydrogen) atoms. The monoisotopic (exact) mass is 170 g/mol. The Labute approximate surface area is 74.6 Å². The van der Waals surface area contributed by atoms with Gasteiger partial charge in [-0.05, 0) is 13.3 Å². The number of rotatable bonds is 4. The van der Waals surface area contributed by atoms with Gasteiger partial charge in [-0.2, -0.15) is 0 Å². The Morgan fingerprint density at radius 3 is 2.83 bits per heavy atom. The van der Waals surface area contributed by atoms with Crippen molar-refractivity contribution in [1.29, 1.82) is 0 Å². The molecule has 1 unspecified atom stereocenters. The van der Waals surface area contributed by atoms with E-state index >= 15 is 0 Å². The van der Waals surface area contributed by atoms with E-state index in [4.69, 9.17) is 4.74 Å². The third-order valence-corrected chi connectivity index (χ3v) is 2.27. The Morgan fingerprint density at radius 1 is 1.50 bits per heavy atom. The van der Waals surface area contributed by atoms with Crippen LogP contribution in [0.4, 0.5) is 0 Å². The summed E-state index contributed by atoms with van der Waals surface area (Å²) in [6.07, 6.45) is 5.40. The van der Waals surface area contributed by atoms with Gasteiger partial charge in [-0.15, -0.1) is 0 Å². The van der Waals surface area contributed by atoms with E-state index in [9.17, 15) is 0 Å². The molecule has 1 rings (SSSR count). The van der Waals surface area contributed by atoms with Crippen LogP contribution in [0, 0.1) is 0 Å². The van der Waals surface area contributed by atoms with Gasteiger partial charge in [0.1, 0.15) is 6.73 Å². The first kappa shape index (κ1) is 9.39. The zero-order valence-electron chi connectivity index (χ0n) is 8.16. The van der Waals surface area contributed by atoms with Crippen molar-refractivity contribution in [1.82, 2.24) is 9.80 Å². The van der Waals surface area contributed by atoms with Crippen LogP contribution in [-0.2, 0) is 4.74 Å². The lowest BCUT2D eigenvalue weighted by molar-refractivity contribution is 0.0750. The number of ether oxygens (including phenoxy) is 1. The molecule has 0 fully saturated rings. The molecule has 70 valence electrons. The third kappa shape index (κ3) is 2.14. The molecule has 0 radical (unpaired) electrons. The van der Waals surface area contributed by atoms with Gasteiger partial charge >= 0.3 is 0 Å². The summed E-state index contributed by atoms with van der Waals surface area (Å²) in [5.41, 5.74) is 0. The van der Waals surface area contributed by atoms with Gasteiger partial charge in [-0.3, -0.25) is 0 Å². The Bertz CT molecular complexity index is 159. The van der Waals surface area contributed by atoms with Crippen LogP contribution < -0.4 is 0 Å². The molecule has 0 spiro atoms. The molecule has 1 atom stereocenters. The van der Waals surface area contributed by atoms with E-state index in [1.165, 1.54) is 6.42 Å². The van der Waals surface area contributed by atoms with Gasteiger partial charge in [0.2, 0.25) is 0 Å². The highest BCUT2D eigenvalue weighted by atomic mass is 16.5. The summed E-state index contributed by atoms with van der Waals surface area (Å²) in [4.78, 5) is 4.46. The van der Waals surface area contributed by atoms with Crippen molar-refractivity contribution in [3.05, 3.63) is 12.4 Å². The molecule has 0 saturated carbocycles. The summed E-state index contributed by atoms with van der Waals surface area (Å²) < 4.78 is 5.04. The fraction of sp³-hybridized carbons (Fsp3) is 0.778. The second-order valence-corrected chi connectivity index (χ2v) is 3.22. The maximum atomic E-state index is 5.04. The minimum absolute atomic E-state index is 0.628. The van der Waals surface area contributed by atoms with Crippen LogP contribution in [0.15, 0.2) is 12.4 Å². The molecule has 0 bridgehead atoms. The lowest BCUT2D eigenvalue weighted by Gasteiger charge is -2.25. The second-order valence-electron chi connectivity index (χ2n) is 3.22. The van der Waals surface area contributed by atoms with Crippen LogP contribution >= 0.6 is 0 Å². The van der Waals surface area contributed by atoms with Crippen molar-refractivity contribution in [2.24, 2.45) is 0 Å². The zero-order valence-corrected chi connectivity index (χ0v) is 8.16. The van der Waals surface area contributed by atoms with E-state index in [0.717, 1.165) is 6.67 Å². The number of hydrogen-bond acceptors (Lipinski definition) is 3. The maximum Gasteiger partial charge on any atom is 0.119 e. The van der Waals surface area contributed by atoms with E-state index in [1.807, 2.05) is 0 Å². The van der Waals surface area contributed by atoms with Gasteiger partial charge in [0.15, 0.2) is 0 Å². The third-order valence-electron chi connectivity index (χ3n) is 2.27. The maximum absolute atomic E-state index is 5.04. The first-order valence-corrected chi connectivity index (χ1v) is 4.45. The molecule has 0 aromatic rings. The average molecular weight is 170 g/mol. The van der Waals surface area contributed by atoms with E-state index in [0.29, 0.717) is 12.8 Å². The van der Waals surface area contributed by atoms with E-state index < -0.39 is 0 Å². The zero-order chi connectivity index (χ0) is 8.97. The molecule has 0 N–H and O–H groups in total. The number of hydrogen-bond donors (Lipinski definition) is 0. The molecule has 0 aromatic heterocycles. The number of nitrogens with zero attached hydrogens (tertiary/aromatic N) is 2. The molecular formula is C9H18N2O. The van der Waals surface area contributed by atoms with Crippen LogP contribution in [-0.4, -0.2) is 36.4 Å². The smallest absolute Gasteiger partial charge is 0.119 e. The standard InChI is InChI=1S/C9H18N2O/c1-4-9(2)11-6-5-10(7-11)8-12-3/h5-6,9H,4,7-8H2,1-3H3. The minimum atomic E-state index is 0.628. The van der Waals surface area contributed by atoms with E-state index in [-0.39, 0.29) is 0 Å². The SMILES string of the molecule is CCC(C)N1C=CN(COC)C1. The van der Waals surface area contributed by atoms with Crippen LogP contribution in [0.2, 0.25) is 0 Å². The predicted octanol–water partition coefficient (Wildman–Crippen LogP) is 1.44. The lowest BCUT2D eigenvalue weighted by Crippen LogP contribution is -2.32. The Hall–Kier alpha value is -0.700. The van der Waals surface area contributed by atoms with Crippen molar-refractivity contribution in [3.63, 3.8) is 0 Å². The summed E-state index contributed by atoms with van der Waals surface area (Å²) >= 11 is 0. The highest BCUT2D eigenvalue weighted by molar-refractivity contribution is 4.91. The lowest BCUT2D eigenvalue weighted by atomic mass is 10.2. The molecule has 0 amide bonds. The molecule has 0 aliphatic carbocycles. The largest absolute Gasteiger partial charge is 0.364 e. The highest BCUT2D eigenvalue weighted by Crippen LogP contribution is 2.11. The van der Waals surface area contributed by atoms with Crippen molar-refractivity contribution in [2.75, 3.05) is 20.5 Å². The second kappa shape index (κ2) is 4.36. The average Bonchev–Trinajstić information content (AvgIpc) is 2.52. The quantitative estimate of drug-likeness (QED) is 0.635. The Kier molecular flexibility index (Phi) is 3.41. The van der Waals surface area contributed by atoms with Crippen molar-refractivity contribution in [2.45, 2.75) is 26.3 Å². The van der Waals surface area contributed by atoms with Crippen molar-refractivity contribution >= 4 is 0 Å². The first-order chi connectivity index (χ1) is 5.77.